The molecule has 2 aromatic rings. The minimum Gasteiger partial charge on any atom is -0.497 e. The van der Waals surface area contributed by atoms with Crippen LogP contribution >= 0.6 is 0 Å². The summed E-state index contributed by atoms with van der Waals surface area (Å²) in [4.78, 5) is 12.5. The molecule has 2 aromatic carbocycles. The quantitative estimate of drug-likeness (QED) is 0.721. The van der Waals surface area contributed by atoms with Gasteiger partial charge in [-0.2, -0.15) is 0 Å². The smallest absolute Gasteiger partial charge is 0.261 e. The molecule has 0 atom stereocenters. The highest BCUT2D eigenvalue weighted by Crippen LogP contribution is 2.21. The van der Waals surface area contributed by atoms with Crippen LogP contribution in [-0.4, -0.2) is 28.0 Å². The Bertz CT molecular complexity index is 891. The Morgan fingerprint density at radius 2 is 1.78 bits per heavy atom. The molecule has 1 amide bonds. The van der Waals surface area contributed by atoms with E-state index in [0.717, 1.165) is 12.0 Å². The second kappa shape index (κ2) is 8.90. The Balaban J connectivity index is 2.20. The average Bonchev–Trinajstić information content (AvgIpc) is 2.61. The van der Waals surface area contributed by atoms with Crippen LogP contribution in [0.4, 0.5) is 5.69 Å². The first kappa shape index (κ1) is 20.8. The van der Waals surface area contributed by atoms with E-state index in [-0.39, 0.29) is 10.8 Å². The van der Waals surface area contributed by atoms with Crippen molar-refractivity contribution in [2.45, 2.75) is 32.1 Å². The molecular weight excluding hydrogens is 364 g/mol. The fraction of sp³-hybridized carbons (Fsp3) is 0.350. The van der Waals surface area contributed by atoms with E-state index in [0.29, 0.717) is 29.5 Å². The summed E-state index contributed by atoms with van der Waals surface area (Å²) in [5.74, 6) is 0.843. The summed E-state index contributed by atoms with van der Waals surface area (Å²) in [5, 5.41) is 2.84. The van der Waals surface area contributed by atoms with Crippen LogP contribution in [0.2, 0.25) is 0 Å². The van der Waals surface area contributed by atoms with E-state index >= 15 is 0 Å². The van der Waals surface area contributed by atoms with Gasteiger partial charge >= 0.3 is 0 Å². The van der Waals surface area contributed by atoms with Crippen LogP contribution in [0.3, 0.4) is 0 Å². The fourth-order valence-electron chi connectivity index (χ4n) is 2.46. The van der Waals surface area contributed by atoms with Crippen molar-refractivity contribution in [3.05, 3.63) is 53.6 Å². The van der Waals surface area contributed by atoms with E-state index < -0.39 is 10.0 Å². The first-order valence-corrected chi connectivity index (χ1v) is 10.3. The minimum atomic E-state index is -3.81. The van der Waals surface area contributed by atoms with E-state index in [1.165, 1.54) is 12.1 Å². The van der Waals surface area contributed by atoms with Gasteiger partial charge in [0.2, 0.25) is 0 Å². The highest BCUT2D eigenvalue weighted by molar-refractivity contribution is 7.92. The van der Waals surface area contributed by atoms with Crippen molar-refractivity contribution in [3.63, 3.8) is 0 Å². The number of carbonyl (C=O) groups is 1. The Morgan fingerprint density at radius 3 is 2.37 bits per heavy atom. The molecule has 0 bridgehead atoms. The van der Waals surface area contributed by atoms with Gasteiger partial charge in [-0.1, -0.05) is 19.9 Å². The van der Waals surface area contributed by atoms with Crippen molar-refractivity contribution < 1.29 is 17.9 Å². The monoisotopic (exact) mass is 390 g/mol. The third-order valence-corrected chi connectivity index (χ3v) is 5.49. The van der Waals surface area contributed by atoms with Crippen molar-refractivity contribution in [1.29, 1.82) is 0 Å². The van der Waals surface area contributed by atoms with Gasteiger partial charge in [-0.3, -0.25) is 9.52 Å². The number of sulfonamides is 1. The van der Waals surface area contributed by atoms with Crippen LogP contribution < -0.4 is 14.8 Å². The largest absolute Gasteiger partial charge is 0.497 e. The van der Waals surface area contributed by atoms with Crippen molar-refractivity contribution in [2.75, 3.05) is 18.4 Å². The molecule has 0 spiro atoms. The Kier molecular flexibility index (Phi) is 6.85. The summed E-state index contributed by atoms with van der Waals surface area (Å²) in [6, 6.07) is 11.1. The van der Waals surface area contributed by atoms with Gasteiger partial charge in [-0.15, -0.1) is 0 Å². The van der Waals surface area contributed by atoms with Crippen molar-refractivity contribution in [1.82, 2.24) is 5.32 Å². The zero-order chi connectivity index (χ0) is 20.0. The third-order valence-electron chi connectivity index (χ3n) is 4.11. The molecule has 6 nitrogen and oxygen atoms in total. The molecule has 0 radical (unpaired) electrons. The molecule has 2 rings (SSSR count). The second-order valence-electron chi connectivity index (χ2n) is 6.75. The summed E-state index contributed by atoms with van der Waals surface area (Å²) < 4.78 is 32.9. The van der Waals surface area contributed by atoms with Crippen molar-refractivity contribution in [2.24, 2.45) is 5.92 Å². The lowest BCUT2D eigenvalue weighted by molar-refractivity contribution is 0.0951. The number of benzene rings is 2. The number of ether oxygens (including phenoxy) is 1. The SMILES string of the molecule is COc1ccc(NS(=O)(=O)c2ccc(C)c(C(=O)NCCC(C)C)c2)cc1. The third kappa shape index (κ3) is 5.72. The van der Waals surface area contributed by atoms with Crippen LogP contribution in [0.1, 0.15) is 36.2 Å². The van der Waals surface area contributed by atoms with Crippen LogP contribution in [0.15, 0.2) is 47.4 Å². The number of amides is 1. The molecule has 0 unspecified atom stereocenters. The number of aryl methyl sites for hydroxylation is 1. The number of rotatable bonds is 8. The summed E-state index contributed by atoms with van der Waals surface area (Å²) in [6.45, 7) is 6.49. The lowest BCUT2D eigenvalue weighted by atomic mass is 10.1. The molecule has 146 valence electrons. The van der Waals surface area contributed by atoms with Gasteiger partial charge in [0.1, 0.15) is 5.75 Å². The predicted octanol–water partition coefficient (Wildman–Crippen LogP) is 3.58. The standard InChI is InChI=1S/C20H26N2O4S/c1-14(2)11-12-21-20(23)19-13-18(10-5-15(19)3)27(24,25)22-16-6-8-17(26-4)9-7-16/h5-10,13-14,22H,11-12H2,1-4H3,(H,21,23). The van der Waals surface area contributed by atoms with E-state index in [4.69, 9.17) is 4.74 Å². The van der Waals surface area contributed by atoms with E-state index in [2.05, 4.69) is 23.9 Å². The average molecular weight is 391 g/mol. The van der Waals surface area contributed by atoms with Crippen LogP contribution in [0, 0.1) is 12.8 Å². The molecule has 0 aliphatic heterocycles. The molecular formula is C20H26N2O4S. The normalized spacial score (nSPS) is 11.3. The Morgan fingerprint density at radius 1 is 1.11 bits per heavy atom. The van der Waals surface area contributed by atoms with Crippen molar-refractivity contribution in [3.8, 4) is 5.75 Å². The lowest BCUT2D eigenvalue weighted by Gasteiger charge is -2.12. The maximum absolute atomic E-state index is 12.7. The number of methoxy groups -OCH3 is 1. The summed E-state index contributed by atoms with van der Waals surface area (Å²) in [6.07, 6.45) is 0.863. The molecule has 0 aliphatic carbocycles. The number of nitrogens with one attached hydrogen (secondary N) is 2. The van der Waals surface area contributed by atoms with Crippen molar-refractivity contribution >= 4 is 21.6 Å². The van der Waals surface area contributed by atoms with Crippen LogP contribution in [0.25, 0.3) is 0 Å². The highest BCUT2D eigenvalue weighted by atomic mass is 32.2. The zero-order valence-electron chi connectivity index (χ0n) is 16.1. The van der Waals surface area contributed by atoms with Gasteiger partial charge in [0.05, 0.1) is 12.0 Å². The van der Waals surface area contributed by atoms with Crippen LogP contribution in [0.5, 0.6) is 5.75 Å². The summed E-state index contributed by atoms with van der Waals surface area (Å²) in [5.41, 5.74) is 1.50. The van der Waals surface area contributed by atoms with E-state index in [9.17, 15) is 13.2 Å². The van der Waals surface area contributed by atoms with Gasteiger partial charge in [0.25, 0.3) is 15.9 Å². The van der Waals surface area contributed by atoms with E-state index in [1.807, 2.05) is 0 Å². The molecule has 0 aromatic heterocycles. The lowest BCUT2D eigenvalue weighted by Crippen LogP contribution is -2.26. The van der Waals surface area contributed by atoms with Gasteiger partial charge in [0, 0.05) is 17.8 Å². The second-order valence-corrected chi connectivity index (χ2v) is 8.43. The molecule has 0 aliphatic rings. The Hall–Kier alpha value is -2.54. The molecule has 0 heterocycles. The number of carbonyl (C=O) groups excluding carboxylic acids is 1. The summed E-state index contributed by atoms with van der Waals surface area (Å²) >= 11 is 0. The van der Waals surface area contributed by atoms with Gasteiger partial charge in [-0.25, -0.2) is 8.42 Å². The molecule has 0 fully saturated rings. The molecule has 0 saturated heterocycles. The predicted molar refractivity (Wildman–Crippen MR) is 107 cm³/mol. The molecule has 7 heteroatoms. The first-order chi connectivity index (χ1) is 12.7. The van der Waals surface area contributed by atoms with Gasteiger partial charge < -0.3 is 10.1 Å². The maximum atomic E-state index is 12.7. The summed E-state index contributed by atoms with van der Waals surface area (Å²) in [7, 11) is -2.27. The number of anilines is 1. The number of hydrogen-bond acceptors (Lipinski definition) is 4. The van der Waals surface area contributed by atoms with Gasteiger partial charge in [-0.05, 0) is 61.2 Å². The minimum absolute atomic E-state index is 0.0397. The maximum Gasteiger partial charge on any atom is 0.261 e. The van der Waals surface area contributed by atoms with Gasteiger partial charge in [0.15, 0.2) is 0 Å². The molecule has 0 saturated carbocycles. The number of hydrogen-bond donors (Lipinski definition) is 2. The van der Waals surface area contributed by atoms with Crippen LogP contribution in [-0.2, 0) is 10.0 Å². The highest BCUT2D eigenvalue weighted by Gasteiger charge is 2.18. The topological polar surface area (TPSA) is 84.5 Å². The first-order valence-electron chi connectivity index (χ1n) is 8.78. The Labute approximate surface area is 161 Å². The molecule has 27 heavy (non-hydrogen) atoms. The zero-order valence-corrected chi connectivity index (χ0v) is 16.9. The fourth-order valence-corrected chi connectivity index (χ4v) is 3.54. The molecule has 2 N–H and O–H groups in total. The van der Waals surface area contributed by atoms with E-state index in [1.54, 1.807) is 44.4 Å².